The van der Waals surface area contributed by atoms with Crippen molar-refractivity contribution in [1.82, 2.24) is 9.13 Å². The third-order valence-corrected chi connectivity index (χ3v) is 2.90. The van der Waals surface area contributed by atoms with Gasteiger partial charge in [0.2, 0.25) is 0 Å². The number of hydrogen-bond acceptors (Lipinski definition) is 2. The lowest BCUT2D eigenvalue weighted by molar-refractivity contribution is 0.600. The topological polar surface area (TPSA) is 44.0 Å². The van der Waals surface area contributed by atoms with Gasteiger partial charge in [0.1, 0.15) is 0 Å². The Morgan fingerprint density at radius 1 is 1.17 bits per heavy atom. The van der Waals surface area contributed by atoms with Crippen LogP contribution in [-0.4, -0.2) is 9.13 Å². The van der Waals surface area contributed by atoms with Crippen LogP contribution in [0.25, 0.3) is 0 Å². The molecule has 0 saturated carbocycles. The first-order chi connectivity index (χ1) is 8.61. The third-order valence-electron chi connectivity index (χ3n) is 2.90. The summed E-state index contributed by atoms with van der Waals surface area (Å²) in [7, 11) is 0. The lowest BCUT2D eigenvalue weighted by atomic mass is 10.1. The van der Waals surface area contributed by atoms with E-state index in [4.69, 9.17) is 0 Å². The van der Waals surface area contributed by atoms with Gasteiger partial charge >= 0.3 is 5.69 Å². The smallest absolute Gasteiger partial charge is 0.301 e. The SMILES string of the molecule is CCn1ccc(=O)n(Cc2cccc(C)c2)c1=O. The van der Waals surface area contributed by atoms with E-state index in [-0.39, 0.29) is 11.2 Å². The van der Waals surface area contributed by atoms with Crippen LogP contribution in [0.3, 0.4) is 0 Å². The summed E-state index contributed by atoms with van der Waals surface area (Å²) in [6, 6.07) is 9.25. The van der Waals surface area contributed by atoms with Crippen molar-refractivity contribution in [2.75, 3.05) is 0 Å². The molecule has 0 atom stereocenters. The molecule has 1 aromatic heterocycles. The largest absolute Gasteiger partial charge is 0.331 e. The summed E-state index contributed by atoms with van der Waals surface area (Å²) in [6.45, 7) is 4.75. The van der Waals surface area contributed by atoms with Crippen LogP contribution in [0.4, 0.5) is 0 Å². The normalized spacial score (nSPS) is 10.6. The summed E-state index contributed by atoms with van der Waals surface area (Å²) in [5.41, 5.74) is 1.56. The van der Waals surface area contributed by atoms with Crippen molar-refractivity contribution in [3.05, 3.63) is 68.5 Å². The molecule has 0 fully saturated rings. The molecule has 2 rings (SSSR count). The summed E-state index contributed by atoms with van der Waals surface area (Å²) >= 11 is 0. The lowest BCUT2D eigenvalue weighted by Crippen LogP contribution is -2.38. The molecule has 4 nitrogen and oxygen atoms in total. The van der Waals surface area contributed by atoms with E-state index in [1.54, 1.807) is 0 Å². The molecule has 0 unspecified atom stereocenters. The number of rotatable bonds is 3. The van der Waals surface area contributed by atoms with Crippen LogP contribution in [0.1, 0.15) is 18.1 Å². The maximum Gasteiger partial charge on any atom is 0.331 e. The molecule has 0 aliphatic carbocycles. The first kappa shape index (κ1) is 12.4. The van der Waals surface area contributed by atoms with E-state index in [0.29, 0.717) is 13.1 Å². The van der Waals surface area contributed by atoms with Gasteiger partial charge in [-0.3, -0.25) is 9.36 Å². The van der Waals surface area contributed by atoms with Gasteiger partial charge in [-0.05, 0) is 19.4 Å². The van der Waals surface area contributed by atoms with Crippen LogP contribution in [0, 0.1) is 6.92 Å². The van der Waals surface area contributed by atoms with E-state index >= 15 is 0 Å². The van der Waals surface area contributed by atoms with Gasteiger partial charge in [-0.25, -0.2) is 4.79 Å². The van der Waals surface area contributed by atoms with Crippen molar-refractivity contribution in [2.24, 2.45) is 0 Å². The number of aromatic nitrogens is 2. The molecule has 0 bridgehead atoms. The molecule has 0 amide bonds. The van der Waals surface area contributed by atoms with E-state index < -0.39 is 0 Å². The van der Waals surface area contributed by atoms with Gasteiger partial charge in [0, 0.05) is 18.8 Å². The third kappa shape index (κ3) is 2.42. The van der Waals surface area contributed by atoms with Crippen molar-refractivity contribution in [3.8, 4) is 0 Å². The molecule has 0 N–H and O–H groups in total. The van der Waals surface area contributed by atoms with Gasteiger partial charge in [0.25, 0.3) is 5.56 Å². The molecule has 94 valence electrons. The van der Waals surface area contributed by atoms with Crippen molar-refractivity contribution in [1.29, 1.82) is 0 Å². The van der Waals surface area contributed by atoms with E-state index in [1.165, 1.54) is 21.4 Å². The van der Waals surface area contributed by atoms with E-state index in [9.17, 15) is 9.59 Å². The highest BCUT2D eigenvalue weighted by molar-refractivity contribution is 5.22. The summed E-state index contributed by atoms with van der Waals surface area (Å²) in [5, 5.41) is 0. The van der Waals surface area contributed by atoms with E-state index in [2.05, 4.69) is 0 Å². The van der Waals surface area contributed by atoms with Crippen LogP contribution in [-0.2, 0) is 13.1 Å². The fourth-order valence-corrected chi connectivity index (χ4v) is 1.94. The monoisotopic (exact) mass is 244 g/mol. The summed E-state index contributed by atoms with van der Waals surface area (Å²) in [4.78, 5) is 23.8. The van der Waals surface area contributed by atoms with Gasteiger partial charge < -0.3 is 4.57 Å². The van der Waals surface area contributed by atoms with Crippen LogP contribution in [0.2, 0.25) is 0 Å². The zero-order valence-corrected chi connectivity index (χ0v) is 10.6. The Balaban J connectivity index is 2.46. The number of benzene rings is 1. The Bertz CT molecular complexity index is 668. The van der Waals surface area contributed by atoms with Crippen LogP contribution in [0.5, 0.6) is 0 Å². The number of hydrogen-bond donors (Lipinski definition) is 0. The fraction of sp³-hybridized carbons (Fsp3) is 0.286. The fourth-order valence-electron chi connectivity index (χ4n) is 1.94. The molecule has 4 heteroatoms. The molecule has 2 aromatic rings. The molecule has 1 aromatic carbocycles. The van der Waals surface area contributed by atoms with Gasteiger partial charge in [-0.2, -0.15) is 0 Å². The molecule has 1 heterocycles. The molecule has 18 heavy (non-hydrogen) atoms. The predicted molar refractivity (Wildman–Crippen MR) is 70.9 cm³/mol. The first-order valence-corrected chi connectivity index (χ1v) is 5.97. The minimum absolute atomic E-state index is 0.258. The second-order valence-corrected chi connectivity index (χ2v) is 4.30. The Kier molecular flexibility index (Phi) is 3.46. The maximum atomic E-state index is 12.0. The second kappa shape index (κ2) is 5.04. The molecule has 0 spiro atoms. The summed E-state index contributed by atoms with van der Waals surface area (Å²) in [6.07, 6.45) is 1.54. The summed E-state index contributed by atoms with van der Waals surface area (Å²) in [5.74, 6) is 0. The Morgan fingerprint density at radius 2 is 1.94 bits per heavy atom. The van der Waals surface area contributed by atoms with Crippen LogP contribution >= 0.6 is 0 Å². The zero-order valence-electron chi connectivity index (χ0n) is 10.6. The Hall–Kier alpha value is -2.10. The zero-order chi connectivity index (χ0) is 13.1. The van der Waals surface area contributed by atoms with Gasteiger partial charge in [0.15, 0.2) is 0 Å². The van der Waals surface area contributed by atoms with Gasteiger partial charge in [-0.1, -0.05) is 29.8 Å². The molecule has 0 radical (unpaired) electrons. The van der Waals surface area contributed by atoms with Gasteiger partial charge in [0.05, 0.1) is 6.54 Å². The highest BCUT2D eigenvalue weighted by Gasteiger charge is 2.04. The Labute approximate surface area is 105 Å². The predicted octanol–water partition coefficient (Wildman–Crippen LogP) is 1.39. The average molecular weight is 244 g/mol. The molecule has 0 aliphatic heterocycles. The van der Waals surface area contributed by atoms with Crippen molar-refractivity contribution >= 4 is 0 Å². The van der Waals surface area contributed by atoms with Crippen molar-refractivity contribution in [3.63, 3.8) is 0 Å². The van der Waals surface area contributed by atoms with E-state index in [0.717, 1.165) is 11.1 Å². The van der Waals surface area contributed by atoms with Crippen molar-refractivity contribution in [2.45, 2.75) is 26.9 Å². The second-order valence-electron chi connectivity index (χ2n) is 4.30. The number of aryl methyl sites for hydroxylation is 2. The average Bonchev–Trinajstić information content (AvgIpc) is 2.35. The first-order valence-electron chi connectivity index (χ1n) is 5.97. The standard InChI is InChI=1S/C14H16N2O2/c1-3-15-8-7-13(17)16(14(15)18)10-12-6-4-5-11(2)9-12/h4-9H,3,10H2,1-2H3. The van der Waals surface area contributed by atoms with Gasteiger partial charge in [-0.15, -0.1) is 0 Å². The number of nitrogens with zero attached hydrogens (tertiary/aromatic N) is 2. The maximum absolute atomic E-state index is 12.0. The lowest BCUT2D eigenvalue weighted by Gasteiger charge is -2.08. The van der Waals surface area contributed by atoms with Crippen LogP contribution < -0.4 is 11.2 Å². The van der Waals surface area contributed by atoms with Crippen molar-refractivity contribution < 1.29 is 0 Å². The molecular formula is C14H16N2O2. The minimum atomic E-state index is -0.258. The Morgan fingerprint density at radius 3 is 2.61 bits per heavy atom. The summed E-state index contributed by atoms with van der Waals surface area (Å²) < 4.78 is 2.79. The van der Waals surface area contributed by atoms with E-state index in [1.807, 2.05) is 38.1 Å². The minimum Gasteiger partial charge on any atom is -0.301 e. The quantitative estimate of drug-likeness (QED) is 0.819. The highest BCUT2D eigenvalue weighted by atomic mass is 16.2. The van der Waals surface area contributed by atoms with Crippen LogP contribution in [0.15, 0.2) is 46.1 Å². The molecule has 0 saturated heterocycles. The molecular weight excluding hydrogens is 228 g/mol. The highest BCUT2D eigenvalue weighted by Crippen LogP contribution is 2.04. The molecule has 0 aliphatic rings.